The van der Waals surface area contributed by atoms with E-state index in [0.717, 1.165) is 5.56 Å². The molecule has 0 saturated heterocycles. The molecule has 0 aromatic heterocycles. The molecule has 2 aromatic carbocycles. The van der Waals surface area contributed by atoms with Crippen LogP contribution in [0, 0.1) is 6.92 Å². The molecular formula is C14H13ClN2O2. The molecule has 98 valence electrons. The average molecular weight is 277 g/mol. The van der Waals surface area contributed by atoms with Crippen molar-refractivity contribution in [3.05, 3.63) is 52.5 Å². The molecule has 0 aliphatic carbocycles. The van der Waals surface area contributed by atoms with Gasteiger partial charge in [-0.05, 0) is 36.8 Å². The Morgan fingerprint density at radius 3 is 2.58 bits per heavy atom. The molecule has 0 aliphatic rings. The van der Waals surface area contributed by atoms with Crippen LogP contribution in [0.25, 0.3) is 0 Å². The summed E-state index contributed by atoms with van der Waals surface area (Å²) in [7, 11) is 0. The number of para-hydroxylation sites is 1. The van der Waals surface area contributed by atoms with Crippen LogP contribution in [0.4, 0.5) is 5.69 Å². The molecule has 0 fully saturated rings. The van der Waals surface area contributed by atoms with Crippen LogP contribution in [0.5, 0.6) is 11.5 Å². The molecule has 0 aliphatic heterocycles. The Bertz CT molecular complexity index is 641. The quantitative estimate of drug-likeness (QED) is 0.846. The van der Waals surface area contributed by atoms with Crippen LogP contribution in [0.3, 0.4) is 0 Å². The van der Waals surface area contributed by atoms with E-state index in [4.69, 9.17) is 27.8 Å². The van der Waals surface area contributed by atoms with Crippen molar-refractivity contribution in [1.82, 2.24) is 0 Å². The highest BCUT2D eigenvalue weighted by atomic mass is 35.5. The second-order valence-electron chi connectivity index (χ2n) is 4.12. The summed E-state index contributed by atoms with van der Waals surface area (Å²) in [4.78, 5) is 11.2. The molecule has 0 unspecified atom stereocenters. The second kappa shape index (κ2) is 5.20. The highest BCUT2D eigenvalue weighted by Gasteiger charge is 2.12. The van der Waals surface area contributed by atoms with Gasteiger partial charge >= 0.3 is 0 Å². The van der Waals surface area contributed by atoms with Crippen molar-refractivity contribution in [3.63, 3.8) is 0 Å². The molecule has 4 nitrogen and oxygen atoms in total. The van der Waals surface area contributed by atoms with E-state index in [0.29, 0.717) is 16.5 Å². The fourth-order valence-corrected chi connectivity index (χ4v) is 1.93. The van der Waals surface area contributed by atoms with E-state index in [1.165, 1.54) is 0 Å². The summed E-state index contributed by atoms with van der Waals surface area (Å²) in [6.45, 7) is 1.93. The van der Waals surface area contributed by atoms with Gasteiger partial charge in [0.25, 0.3) is 5.91 Å². The number of carbonyl (C=O) groups is 1. The van der Waals surface area contributed by atoms with E-state index < -0.39 is 5.91 Å². The Morgan fingerprint density at radius 2 is 1.95 bits per heavy atom. The van der Waals surface area contributed by atoms with Gasteiger partial charge in [0.1, 0.15) is 5.75 Å². The first-order chi connectivity index (χ1) is 8.99. The molecule has 0 atom stereocenters. The lowest BCUT2D eigenvalue weighted by Gasteiger charge is -2.12. The first kappa shape index (κ1) is 13.2. The summed E-state index contributed by atoms with van der Waals surface area (Å²) in [5.41, 5.74) is 12.5. The number of amides is 1. The Morgan fingerprint density at radius 1 is 1.21 bits per heavy atom. The second-order valence-corrected chi connectivity index (χ2v) is 4.52. The lowest BCUT2D eigenvalue weighted by Crippen LogP contribution is -2.13. The number of nitrogens with two attached hydrogens (primary N) is 2. The zero-order valence-corrected chi connectivity index (χ0v) is 11.1. The minimum absolute atomic E-state index is 0.201. The van der Waals surface area contributed by atoms with Crippen LogP contribution in [-0.4, -0.2) is 5.91 Å². The van der Waals surface area contributed by atoms with Gasteiger partial charge in [-0.15, -0.1) is 0 Å². The third-order valence-corrected chi connectivity index (χ3v) is 2.93. The first-order valence-corrected chi connectivity index (χ1v) is 5.99. The minimum atomic E-state index is -0.599. The maximum Gasteiger partial charge on any atom is 0.250 e. The van der Waals surface area contributed by atoms with Crippen LogP contribution < -0.4 is 16.2 Å². The van der Waals surface area contributed by atoms with Gasteiger partial charge in [0.2, 0.25) is 0 Å². The van der Waals surface area contributed by atoms with Crippen LogP contribution in [-0.2, 0) is 0 Å². The highest BCUT2D eigenvalue weighted by Crippen LogP contribution is 2.34. The number of hydrogen-bond donors (Lipinski definition) is 2. The number of nitrogen functional groups attached to an aromatic ring is 1. The molecule has 5 heteroatoms. The number of halogens is 1. The van der Waals surface area contributed by atoms with Crippen molar-refractivity contribution in [3.8, 4) is 11.5 Å². The number of rotatable bonds is 3. The molecular weight excluding hydrogens is 264 g/mol. The van der Waals surface area contributed by atoms with Crippen molar-refractivity contribution in [2.45, 2.75) is 6.92 Å². The van der Waals surface area contributed by atoms with Crippen LogP contribution in [0.15, 0.2) is 36.4 Å². The summed E-state index contributed by atoms with van der Waals surface area (Å²) >= 11 is 6.08. The third-order valence-electron chi connectivity index (χ3n) is 2.64. The highest BCUT2D eigenvalue weighted by molar-refractivity contribution is 6.32. The fraction of sp³-hybridized carbons (Fsp3) is 0.0714. The smallest absolute Gasteiger partial charge is 0.250 e. The largest absolute Gasteiger partial charge is 0.454 e. The van der Waals surface area contributed by atoms with Gasteiger partial charge < -0.3 is 16.2 Å². The van der Waals surface area contributed by atoms with Crippen LogP contribution >= 0.6 is 11.6 Å². The molecule has 19 heavy (non-hydrogen) atoms. The number of aryl methyl sites for hydroxylation is 1. The van der Waals surface area contributed by atoms with Crippen molar-refractivity contribution < 1.29 is 9.53 Å². The van der Waals surface area contributed by atoms with Crippen LogP contribution in [0.2, 0.25) is 5.02 Å². The molecule has 0 radical (unpaired) electrons. The summed E-state index contributed by atoms with van der Waals surface area (Å²) in [5.74, 6) is 0.223. The summed E-state index contributed by atoms with van der Waals surface area (Å²) in [6, 6.07) is 10.2. The molecule has 0 spiro atoms. The van der Waals surface area contributed by atoms with Gasteiger partial charge in [-0.25, -0.2) is 0 Å². The SMILES string of the molecule is Cc1ccc(Oc2cccc(C(N)=O)c2N)c(Cl)c1. The zero-order valence-electron chi connectivity index (χ0n) is 10.3. The molecule has 0 saturated carbocycles. The fourth-order valence-electron chi connectivity index (χ4n) is 1.65. The number of benzene rings is 2. The zero-order chi connectivity index (χ0) is 14.0. The van der Waals surface area contributed by atoms with Crippen molar-refractivity contribution in [1.29, 1.82) is 0 Å². The maximum atomic E-state index is 11.2. The van der Waals surface area contributed by atoms with Gasteiger partial charge in [0, 0.05) is 0 Å². The molecule has 0 bridgehead atoms. The van der Waals surface area contributed by atoms with Crippen LogP contribution in [0.1, 0.15) is 15.9 Å². The van der Waals surface area contributed by atoms with Crippen molar-refractivity contribution in [2.75, 3.05) is 5.73 Å². The summed E-state index contributed by atoms with van der Waals surface area (Å²) in [6.07, 6.45) is 0. The van der Waals surface area contributed by atoms with Gasteiger partial charge in [-0.3, -0.25) is 4.79 Å². The average Bonchev–Trinajstić information content (AvgIpc) is 2.34. The number of ether oxygens (including phenoxy) is 1. The van der Waals surface area contributed by atoms with Gasteiger partial charge in [-0.1, -0.05) is 23.7 Å². The van der Waals surface area contributed by atoms with E-state index in [2.05, 4.69) is 0 Å². The Kier molecular flexibility index (Phi) is 3.62. The number of carbonyl (C=O) groups excluding carboxylic acids is 1. The van der Waals surface area contributed by atoms with E-state index >= 15 is 0 Å². The van der Waals surface area contributed by atoms with E-state index in [1.54, 1.807) is 30.3 Å². The molecule has 1 amide bonds. The molecule has 2 rings (SSSR count). The standard InChI is InChI=1S/C14H13ClN2O2/c1-8-5-6-11(10(15)7-8)19-12-4-2-3-9(13(12)16)14(17)18/h2-7H,16H2,1H3,(H2,17,18). The summed E-state index contributed by atoms with van der Waals surface area (Å²) in [5, 5.41) is 0.476. The van der Waals surface area contributed by atoms with Gasteiger partial charge in [-0.2, -0.15) is 0 Å². The number of primary amides is 1. The lowest BCUT2D eigenvalue weighted by atomic mass is 10.1. The predicted octanol–water partition coefficient (Wildman–Crippen LogP) is 3.12. The Balaban J connectivity index is 2.38. The van der Waals surface area contributed by atoms with E-state index in [9.17, 15) is 4.79 Å². The maximum absolute atomic E-state index is 11.2. The minimum Gasteiger partial charge on any atom is -0.454 e. The summed E-state index contributed by atoms with van der Waals surface area (Å²) < 4.78 is 5.62. The molecule has 0 heterocycles. The topological polar surface area (TPSA) is 78.3 Å². The lowest BCUT2D eigenvalue weighted by molar-refractivity contribution is 0.100. The molecule has 2 aromatic rings. The normalized spacial score (nSPS) is 10.2. The predicted molar refractivity (Wildman–Crippen MR) is 75.6 cm³/mol. The number of anilines is 1. The Hall–Kier alpha value is -2.20. The van der Waals surface area contributed by atoms with Gasteiger partial charge in [0.05, 0.1) is 16.3 Å². The third kappa shape index (κ3) is 2.80. The Labute approximate surface area is 115 Å². The molecule has 4 N–H and O–H groups in total. The monoisotopic (exact) mass is 276 g/mol. The van der Waals surface area contributed by atoms with E-state index in [1.807, 2.05) is 13.0 Å². The van der Waals surface area contributed by atoms with E-state index in [-0.39, 0.29) is 11.3 Å². The first-order valence-electron chi connectivity index (χ1n) is 5.61. The number of hydrogen-bond acceptors (Lipinski definition) is 3. The van der Waals surface area contributed by atoms with Gasteiger partial charge in [0.15, 0.2) is 5.75 Å². The van der Waals surface area contributed by atoms with Crippen molar-refractivity contribution >= 4 is 23.2 Å². The van der Waals surface area contributed by atoms with Crippen molar-refractivity contribution in [2.24, 2.45) is 5.73 Å².